The van der Waals surface area contributed by atoms with Gasteiger partial charge in [0.05, 0.1) is 13.4 Å². The van der Waals surface area contributed by atoms with Crippen molar-refractivity contribution in [3.8, 4) is 0 Å². The number of imidazole rings is 1. The lowest BCUT2D eigenvalue weighted by molar-refractivity contribution is 0.103. The molecule has 0 aliphatic rings. The fourth-order valence-electron chi connectivity index (χ4n) is 3.45. The van der Waals surface area contributed by atoms with E-state index >= 15 is 0 Å². The quantitative estimate of drug-likeness (QED) is 0.406. The fraction of sp³-hybridized carbons (Fsp3) is 0.154. The molecule has 0 amide bonds. The molecule has 0 radical (unpaired) electrons. The van der Waals surface area contributed by atoms with Gasteiger partial charge in [0.1, 0.15) is 16.5 Å². The van der Waals surface area contributed by atoms with Crippen molar-refractivity contribution in [1.82, 2.24) is 19.9 Å². The van der Waals surface area contributed by atoms with Gasteiger partial charge in [-0.2, -0.15) is 0 Å². The Hall–Kier alpha value is -4.33. The van der Waals surface area contributed by atoms with Crippen LogP contribution in [0.4, 0.5) is 4.39 Å². The van der Waals surface area contributed by atoms with Gasteiger partial charge in [0.15, 0.2) is 5.78 Å². The topological polar surface area (TPSA) is 111 Å². The van der Waals surface area contributed by atoms with Crippen LogP contribution in [0.1, 0.15) is 55.0 Å². The zero-order valence-corrected chi connectivity index (χ0v) is 18.8. The Morgan fingerprint density at radius 2 is 1.68 bits per heavy atom. The highest BCUT2D eigenvalue weighted by molar-refractivity contribution is 6.09. The first kappa shape index (κ1) is 21.5. The molecule has 172 valence electrons. The van der Waals surface area contributed by atoms with E-state index in [1.54, 1.807) is 24.3 Å². The number of benzene rings is 2. The molecule has 0 spiro atoms. The van der Waals surface area contributed by atoms with Crippen molar-refractivity contribution in [2.45, 2.75) is 26.2 Å². The van der Waals surface area contributed by atoms with E-state index in [4.69, 9.17) is 1.37 Å². The maximum atomic E-state index is 13.2. The number of aromatic amines is 3. The van der Waals surface area contributed by atoms with Crippen molar-refractivity contribution < 1.29 is 10.6 Å². The van der Waals surface area contributed by atoms with Gasteiger partial charge in [0.25, 0.3) is 11.1 Å². The van der Waals surface area contributed by atoms with E-state index in [1.807, 2.05) is 20.8 Å². The van der Waals surface area contributed by atoms with Gasteiger partial charge in [-0.3, -0.25) is 14.4 Å². The maximum absolute atomic E-state index is 13.2. The van der Waals surface area contributed by atoms with E-state index in [-0.39, 0.29) is 33.6 Å². The molecule has 0 saturated carbocycles. The van der Waals surface area contributed by atoms with Gasteiger partial charge in [0.2, 0.25) is 0 Å². The van der Waals surface area contributed by atoms with E-state index in [0.717, 1.165) is 0 Å². The average molecular weight is 459 g/mol. The first-order chi connectivity index (χ1) is 16.5. The largest absolute Gasteiger partial charge is 0.348 e. The predicted octanol–water partition coefficient (Wildman–Crippen LogP) is 2.11. The van der Waals surface area contributed by atoms with Crippen LogP contribution in [-0.2, 0) is 5.41 Å². The summed E-state index contributed by atoms with van der Waals surface area (Å²) in [7, 11) is 0. The molecule has 34 heavy (non-hydrogen) atoms. The summed E-state index contributed by atoms with van der Waals surface area (Å²) in [5.74, 6) is -0.745. The second-order valence-electron chi connectivity index (χ2n) is 8.80. The number of ketones is 1. The summed E-state index contributed by atoms with van der Waals surface area (Å²) in [6, 6.07) is 11.5. The van der Waals surface area contributed by atoms with Crippen molar-refractivity contribution in [2.75, 3.05) is 0 Å². The zero-order valence-electron chi connectivity index (χ0n) is 19.8. The van der Waals surface area contributed by atoms with Crippen molar-refractivity contribution in [2.24, 2.45) is 0 Å². The number of aromatic nitrogens is 4. The summed E-state index contributed by atoms with van der Waals surface area (Å²) in [6.45, 7) is 5.83. The molecule has 0 atom stereocenters. The minimum Gasteiger partial charge on any atom is -0.348 e. The van der Waals surface area contributed by atoms with Crippen LogP contribution in [0, 0.1) is 5.82 Å². The Labute approximate surface area is 195 Å². The molecule has 0 aliphatic carbocycles. The Morgan fingerprint density at radius 3 is 2.38 bits per heavy atom. The van der Waals surface area contributed by atoms with E-state index in [9.17, 15) is 18.8 Å². The van der Waals surface area contributed by atoms with Crippen LogP contribution < -0.4 is 21.8 Å². The third kappa shape index (κ3) is 4.85. The van der Waals surface area contributed by atoms with Gasteiger partial charge in [-0.05, 0) is 48.0 Å². The minimum absolute atomic E-state index is 0.0315. The highest BCUT2D eigenvalue weighted by Gasteiger charge is 2.19. The number of H-pyrrole nitrogens is 3. The lowest BCUT2D eigenvalue weighted by Crippen LogP contribution is -2.46. The van der Waals surface area contributed by atoms with Crippen LogP contribution in [-0.4, -0.2) is 25.7 Å². The number of nitrogens with zero attached hydrogens (tertiary/aromatic N) is 1. The summed E-state index contributed by atoms with van der Waals surface area (Å²) in [4.78, 5) is 50.4. The number of rotatable bonds is 4. The van der Waals surface area contributed by atoms with Crippen LogP contribution in [0.2, 0.25) is 0 Å². The van der Waals surface area contributed by atoms with Gasteiger partial charge in [-0.25, -0.2) is 9.37 Å². The predicted molar refractivity (Wildman–Crippen MR) is 128 cm³/mol. The molecular weight excluding hydrogens is 435 g/mol. The van der Waals surface area contributed by atoms with Crippen molar-refractivity contribution in [1.29, 1.82) is 0 Å². The van der Waals surface area contributed by atoms with Crippen LogP contribution >= 0.6 is 0 Å². The monoisotopic (exact) mass is 459 g/mol. The number of hydrogen-bond acceptors (Lipinski definition) is 4. The van der Waals surface area contributed by atoms with E-state index in [1.165, 1.54) is 36.7 Å². The molecule has 8 heteroatoms. The molecule has 4 aromatic rings. The third-order valence-corrected chi connectivity index (χ3v) is 5.16. The Morgan fingerprint density at radius 1 is 1.00 bits per heavy atom. The van der Waals surface area contributed by atoms with Gasteiger partial charge >= 0.3 is 0 Å². The molecule has 0 fully saturated rings. The van der Waals surface area contributed by atoms with E-state index in [0.29, 0.717) is 22.4 Å². The molecular formula is C26H23FN4O3. The fourth-order valence-corrected chi connectivity index (χ4v) is 3.45. The Kier molecular flexibility index (Phi) is 5.63. The summed E-state index contributed by atoms with van der Waals surface area (Å²) in [5.41, 5.74) is 0.513. The number of nitrogens with one attached hydrogen (secondary N) is 3. The van der Waals surface area contributed by atoms with Gasteiger partial charge < -0.3 is 15.0 Å². The normalized spacial score (nSPS) is 13.5. The van der Waals surface area contributed by atoms with Gasteiger partial charge in [0, 0.05) is 22.2 Å². The Balaban J connectivity index is 1.77. The molecule has 2 aromatic carbocycles. The molecule has 0 bridgehead atoms. The Bertz CT molecular complexity index is 1660. The van der Waals surface area contributed by atoms with Gasteiger partial charge in [-0.1, -0.05) is 39.0 Å². The second kappa shape index (κ2) is 8.90. The van der Waals surface area contributed by atoms with Crippen molar-refractivity contribution in [3.05, 3.63) is 120 Å². The molecule has 3 N–H and O–H groups in total. The number of carbonyl (C=O) groups excluding carboxylic acids is 1. The molecule has 0 unspecified atom stereocenters. The summed E-state index contributed by atoms with van der Waals surface area (Å²) < 4.78 is 21.6. The summed E-state index contributed by atoms with van der Waals surface area (Å²) in [6.07, 6.45) is 2.88. The average Bonchev–Trinajstić information content (AvgIpc) is 3.32. The molecule has 0 aliphatic heterocycles. The molecule has 4 rings (SSSR count). The first-order valence-corrected chi connectivity index (χ1v) is 10.5. The summed E-state index contributed by atoms with van der Waals surface area (Å²) in [5, 5.41) is -0.235. The van der Waals surface area contributed by atoms with Crippen LogP contribution in [0.25, 0.3) is 12.1 Å². The molecule has 2 heterocycles. The number of halogens is 1. The van der Waals surface area contributed by atoms with Crippen LogP contribution in [0.5, 0.6) is 0 Å². The minimum atomic E-state index is -0.651. The van der Waals surface area contributed by atoms with Crippen molar-refractivity contribution >= 4 is 17.9 Å². The summed E-state index contributed by atoms with van der Waals surface area (Å²) >= 11 is 0. The molecule has 7 nitrogen and oxygen atoms in total. The highest BCUT2D eigenvalue weighted by Crippen LogP contribution is 2.22. The number of hydrogen-bond donors (Lipinski definition) is 3. The van der Waals surface area contributed by atoms with E-state index in [2.05, 4.69) is 19.9 Å². The van der Waals surface area contributed by atoms with E-state index < -0.39 is 16.9 Å². The molecule has 0 saturated heterocycles. The third-order valence-electron chi connectivity index (χ3n) is 5.16. The SMILES string of the molecule is [2H]/C(c1nc[nH]c1C(C)(C)C)=c1/[nH]c(=O)/c(=C/c2cccc(C(=O)c3ccc(F)cc3)c2)[nH]c1=O. The second-order valence-corrected chi connectivity index (χ2v) is 8.80. The molecule has 2 aromatic heterocycles. The highest BCUT2D eigenvalue weighted by atomic mass is 19.1. The standard InChI is InChI=1S/C26H23FN4O3/c1-26(2,3)23-19(28-14-29-23)13-21-25(34)30-20(24(33)31-21)12-15-5-4-6-17(11-15)22(32)16-7-9-18(27)10-8-16/h4-14H,1-3H3,(H,28,29)(H,30,34)(H,31,33)/b20-12-,21-13-/i13D. The van der Waals surface area contributed by atoms with Crippen LogP contribution in [0.15, 0.2) is 64.4 Å². The van der Waals surface area contributed by atoms with Crippen LogP contribution in [0.3, 0.4) is 0 Å². The van der Waals surface area contributed by atoms with Gasteiger partial charge in [-0.15, -0.1) is 0 Å². The first-order valence-electron chi connectivity index (χ1n) is 11.0. The lowest BCUT2D eigenvalue weighted by Gasteiger charge is -2.16. The zero-order chi connectivity index (χ0) is 25.3. The smallest absolute Gasteiger partial charge is 0.272 e. The maximum Gasteiger partial charge on any atom is 0.272 e. The number of carbonyl (C=O) groups is 1. The lowest BCUT2D eigenvalue weighted by atomic mass is 9.90. The van der Waals surface area contributed by atoms with Crippen molar-refractivity contribution in [3.63, 3.8) is 0 Å².